The predicted molar refractivity (Wildman–Crippen MR) is 92.5 cm³/mol. The molecule has 23 heavy (non-hydrogen) atoms. The number of hydrogen-bond donors (Lipinski definition) is 1. The predicted octanol–water partition coefficient (Wildman–Crippen LogP) is 4.08. The number of carbonyl (C=O) groups excluding carboxylic acids is 1. The summed E-state index contributed by atoms with van der Waals surface area (Å²) in [6.45, 7) is 2.34. The van der Waals surface area contributed by atoms with Crippen LogP contribution in [0.15, 0.2) is 42.5 Å². The quantitative estimate of drug-likeness (QED) is 0.845. The van der Waals surface area contributed by atoms with E-state index in [1.165, 1.54) is 0 Å². The first-order valence-electron chi connectivity index (χ1n) is 7.53. The van der Waals surface area contributed by atoms with Gasteiger partial charge < -0.3 is 10.1 Å². The molecule has 2 aromatic carbocycles. The van der Waals surface area contributed by atoms with Crippen molar-refractivity contribution in [3.05, 3.63) is 69.2 Å². The topological polar surface area (TPSA) is 38.3 Å². The Morgan fingerprint density at radius 1 is 1.17 bits per heavy atom. The lowest BCUT2D eigenvalue weighted by Gasteiger charge is -2.24. The molecule has 1 unspecified atom stereocenters. The Morgan fingerprint density at radius 2 is 1.96 bits per heavy atom. The average molecular weight is 350 g/mol. The van der Waals surface area contributed by atoms with E-state index in [4.69, 9.17) is 27.9 Å². The first kappa shape index (κ1) is 16.5. The molecule has 1 saturated heterocycles. The molecule has 1 aliphatic rings. The highest BCUT2D eigenvalue weighted by Gasteiger charge is 2.17. The Labute approximate surface area is 145 Å². The molecule has 1 fully saturated rings. The molecule has 0 saturated carbocycles. The first-order chi connectivity index (χ1) is 11.1. The summed E-state index contributed by atoms with van der Waals surface area (Å²) in [7, 11) is 0. The van der Waals surface area contributed by atoms with Crippen LogP contribution in [0.4, 0.5) is 0 Å². The van der Waals surface area contributed by atoms with Crippen LogP contribution in [0.25, 0.3) is 0 Å². The highest BCUT2D eigenvalue weighted by molar-refractivity contribution is 6.31. The fourth-order valence-electron chi connectivity index (χ4n) is 2.60. The van der Waals surface area contributed by atoms with Crippen LogP contribution in [0.5, 0.6) is 0 Å². The summed E-state index contributed by atoms with van der Waals surface area (Å²) in [4.78, 5) is 12.3. The second-order valence-electron chi connectivity index (χ2n) is 5.52. The van der Waals surface area contributed by atoms with Crippen LogP contribution >= 0.6 is 23.2 Å². The fraction of sp³-hybridized carbons (Fsp3) is 0.278. The van der Waals surface area contributed by atoms with Crippen molar-refractivity contribution in [3.8, 4) is 0 Å². The van der Waals surface area contributed by atoms with E-state index in [2.05, 4.69) is 5.32 Å². The highest BCUT2D eigenvalue weighted by Crippen LogP contribution is 2.26. The molecule has 1 heterocycles. The number of benzene rings is 2. The third-order valence-electron chi connectivity index (χ3n) is 3.89. The monoisotopic (exact) mass is 349 g/mol. The Morgan fingerprint density at radius 3 is 2.61 bits per heavy atom. The molecule has 0 spiro atoms. The van der Waals surface area contributed by atoms with Crippen molar-refractivity contribution in [2.75, 3.05) is 19.7 Å². The van der Waals surface area contributed by atoms with Crippen molar-refractivity contribution in [1.82, 2.24) is 5.32 Å². The van der Waals surface area contributed by atoms with Gasteiger partial charge in [0, 0.05) is 35.1 Å². The van der Waals surface area contributed by atoms with Crippen molar-refractivity contribution in [3.63, 3.8) is 0 Å². The van der Waals surface area contributed by atoms with Gasteiger partial charge in [0.25, 0.3) is 0 Å². The molecule has 1 aliphatic heterocycles. The number of nitrogens with one attached hydrogen (secondary N) is 1. The molecule has 1 N–H and O–H groups in total. The minimum atomic E-state index is 0.0160. The van der Waals surface area contributed by atoms with Crippen molar-refractivity contribution >= 4 is 29.0 Å². The number of ether oxygens (including phenoxy) is 1. The number of carbonyl (C=O) groups is 1. The normalized spacial score (nSPS) is 17.9. The van der Waals surface area contributed by atoms with E-state index in [1.807, 2.05) is 18.2 Å². The van der Waals surface area contributed by atoms with Gasteiger partial charge in [0.15, 0.2) is 5.78 Å². The van der Waals surface area contributed by atoms with Crippen LogP contribution in [0.1, 0.15) is 27.6 Å². The molecule has 2 aromatic rings. The molecule has 0 aliphatic carbocycles. The molecule has 0 radical (unpaired) electrons. The Bertz CT molecular complexity index is 695. The summed E-state index contributed by atoms with van der Waals surface area (Å²) >= 11 is 12.2. The van der Waals surface area contributed by atoms with Crippen LogP contribution in [0, 0.1) is 0 Å². The molecule has 1 atom stereocenters. The van der Waals surface area contributed by atoms with E-state index < -0.39 is 0 Å². The number of ketones is 1. The van der Waals surface area contributed by atoms with Gasteiger partial charge in [-0.2, -0.15) is 0 Å². The summed E-state index contributed by atoms with van der Waals surface area (Å²) in [5.74, 6) is 0.0203. The Hall–Kier alpha value is -1.39. The zero-order valence-corrected chi connectivity index (χ0v) is 14.0. The number of halogens is 2. The lowest BCUT2D eigenvalue weighted by molar-refractivity contribution is 0.0277. The summed E-state index contributed by atoms with van der Waals surface area (Å²) in [5, 5.41) is 4.50. The van der Waals surface area contributed by atoms with E-state index in [1.54, 1.807) is 24.3 Å². The summed E-state index contributed by atoms with van der Waals surface area (Å²) in [6.07, 6.45) is 0.284. The van der Waals surface area contributed by atoms with Crippen LogP contribution < -0.4 is 5.32 Å². The summed E-state index contributed by atoms with van der Waals surface area (Å²) in [6, 6.07) is 12.7. The number of rotatable bonds is 4. The van der Waals surface area contributed by atoms with Crippen LogP contribution in [-0.2, 0) is 11.2 Å². The van der Waals surface area contributed by atoms with Gasteiger partial charge in [-0.25, -0.2) is 0 Å². The number of morpholine rings is 1. The lowest BCUT2D eigenvalue weighted by Crippen LogP contribution is -2.33. The highest BCUT2D eigenvalue weighted by atomic mass is 35.5. The molecule has 0 amide bonds. The Balaban J connectivity index is 1.73. The zero-order valence-electron chi connectivity index (χ0n) is 12.5. The van der Waals surface area contributed by atoms with Gasteiger partial charge in [0.2, 0.25) is 0 Å². The molecule has 0 aromatic heterocycles. The Kier molecular flexibility index (Phi) is 5.34. The molecule has 3 nitrogen and oxygen atoms in total. The van der Waals surface area contributed by atoms with Gasteiger partial charge in [0.05, 0.1) is 12.7 Å². The van der Waals surface area contributed by atoms with Gasteiger partial charge in [-0.1, -0.05) is 35.3 Å². The van der Waals surface area contributed by atoms with E-state index in [9.17, 15) is 4.79 Å². The van der Waals surface area contributed by atoms with E-state index in [0.717, 1.165) is 24.2 Å². The molecule has 120 valence electrons. The summed E-state index contributed by atoms with van der Waals surface area (Å²) in [5.41, 5.74) is 2.48. The smallest absolute Gasteiger partial charge is 0.167 e. The summed E-state index contributed by atoms with van der Waals surface area (Å²) < 4.78 is 5.72. The van der Waals surface area contributed by atoms with Crippen LogP contribution in [-0.4, -0.2) is 25.5 Å². The minimum Gasteiger partial charge on any atom is -0.371 e. The van der Waals surface area contributed by atoms with Crippen molar-refractivity contribution < 1.29 is 9.53 Å². The molecule has 5 heteroatoms. The lowest BCUT2D eigenvalue weighted by atomic mass is 10.00. The molecular formula is C18H17Cl2NO2. The number of Topliss-reactive ketones (excluding diaryl/α,β-unsaturated/α-hetero) is 1. The van der Waals surface area contributed by atoms with Gasteiger partial charge in [-0.3, -0.25) is 4.79 Å². The first-order valence-corrected chi connectivity index (χ1v) is 8.28. The average Bonchev–Trinajstić information content (AvgIpc) is 2.58. The van der Waals surface area contributed by atoms with Crippen molar-refractivity contribution in [2.45, 2.75) is 12.5 Å². The van der Waals surface area contributed by atoms with E-state index >= 15 is 0 Å². The van der Waals surface area contributed by atoms with E-state index in [-0.39, 0.29) is 18.3 Å². The van der Waals surface area contributed by atoms with Crippen LogP contribution in [0.3, 0.4) is 0 Å². The fourth-order valence-corrected chi connectivity index (χ4v) is 2.98. The maximum atomic E-state index is 12.3. The van der Waals surface area contributed by atoms with Crippen molar-refractivity contribution in [1.29, 1.82) is 0 Å². The van der Waals surface area contributed by atoms with E-state index in [0.29, 0.717) is 22.2 Å². The number of hydrogen-bond acceptors (Lipinski definition) is 3. The largest absolute Gasteiger partial charge is 0.371 e. The van der Waals surface area contributed by atoms with Gasteiger partial charge >= 0.3 is 0 Å². The third-order valence-corrected chi connectivity index (χ3v) is 4.50. The zero-order chi connectivity index (χ0) is 16.2. The standard InChI is InChI=1S/C18H17Cl2NO2/c19-15-5-3-12(4-6-15)17(22)10-13-1-2-14(9-16(13)20)18-11-21-7-8-23-18/h1-6,9,18,21H,7-8,10-11H2. The molecular weight excluding hydrogens is 333 g/mol. The second-order valence-corrected chi connectivity index (χ2v) is 6.36. The van der Waals surface area contributed by atoms with Gasteiger partial charge in [0.1, 0.15) is 0 Å². The molecule has 3 rings (SSSR count). The maximum absolute atomic E-state index is 12.3. The minimum absolute atomic E-state index is 0.0160. The van der Waals surface area contributed by atoms with Crippen molar-refractivity contribution in [2.24, 2.45) is 0 Å². The molecule has 0 bridgehead atoms. The SMILES string of the molecule is O=C(Cc1ccc(C2CNCCO2)cc1Cl)c1ccc(Cl)cc1. The third kappa shape index (κ3) is 4.12. The van der Waals surface area contributed by atoms with Gasteiger partial charge in [-0.05, 0) is 41.5 Å². The van der Waals surface area contributed by atoms with Gasteiger partial charge in [-0.15, -0.1) is 0 Å². The van der Waals surface area contributed by atoms with Crippen LogP contribution in [0.2, 0.25) is 10.0 Å². The second kappa shape index (κ2) is 7.45. The maximum Gasteiger partial charge on any atom is 0.167 e.